The maximum absolute atomic E-state index is 12.1. The number of nitrogens with one attached hydrogen (secondary N) is 1. The molecule has 0 saturated carbocycles. The lowest BCUT2D eigenvalue weighted by Crippen LogP contribution is -2.31. The summed E-state index contributed by atoms with van der Waals surface area (Å²) >= 11 is 1.70. The normalized spacial score (nSPS) is 13.0. The molecule has 0 spiro atoms. The highest BCUT2D eigenvalue weighted by atomic mass is 32.1. The smallest absolute Gasteiger partial charge is 0.325 e. The van der Waals surface area contributed by atoms with Crippen molar-refractivity contribution in [2.24, 2.45) is 0 Å². The van der Waals surface area contributed by atoms with E-state index in [2.05, 4.69) is 10.1 Å². The van der Waals surface area contributed by atoms with E-state index in [1.165, 1.54) is 29.7 Å². The van der Waals surface area contributed by atoms with Gasteiger partial charge in [-0.15, -0.1) is 11.3 Å². The highest BCUT2D eigenvalue weighted by Gasteiger charge is 2.25. The minimum absolute atomic E-state index is 0.123. The third kappa shape index (κ3) is 3.67. The molecule has 0 unspecified atom stereocenters. The molecule has 1 aromatic heterocycles. The van der Waals surface area contributed by atoms with Gasteiger partial charge in [0, 0.05) is 29.6 Å². The van der Waals surface area contributed by atoms with E-state index in [0.717, 1.165) is 6.42 Å². The van der Waals surface area contributed by atoms with Gasteiger partial charge in [-0.25, -0.2) is 0 Å². The maximum Gasteiger partial charge on any atom is 0.325 e. The fourth-order valence-corrected chi connectivity index (χ4v) is 3.75. The molecule has 2 heterocycles. The number of hydrogen-bond donors (Lipinski definition) is 1. The average molecular weight is 375 g/mol. The number of amides is 1. The molecule has 0 aliphatic carbocycles. The number of thiophene rings is 1. The van der Waals surface area contributed by atoms with E-state index in [4.69, 9.17) is 0 Å². The van der Waals surface area contributed by atoms with Crippen molar-refractivity contribution < 1.29 is 19.2 Å². The summed E-state index contributed by atoms with van der Waals surface area (Å²) < 4.78 is 4.45. The largest absolute Gasteiger partial charge is 0.468 e. The lowest BCUT2D eigenvalue weighted by Gasteiger charge is -2.28. The zero-order valence-electron chi connectivity index (χ0n) is 14.1. The summed E-state index contributed by atoms with van der Waals surface area (Å²) in [4.78, 5) is 37.5. The Morgan fingerprint density at radius 3 is 2.92 bits per heavy atom. The summed E-state index contributed by atoms with van der Waals surface area (Å²) in [5.74, 6) is -1.16. The van der Waals surface area contributed by atoms with Crippen molar-refractivity contribution in [1.82, 2.24) is 5.32 Å². The summed E-state index contributed by atoms with van der Waals surface area (Å²) in [6, 6.07) is 6.39. The molecule has 1 aliphatic rings. The highest BCUT2D eigenvalue weighted by molar-refractivity contribution is 7.10. The van der Waals surface area contributed by atoms with Crippen LogP contribution in [0.3, 0.4) is 0 Å². The molecule has 0 atom stereocenters. The number of ether oxygens (including phenoxy) is 1. The summed E-state index contributed by atoms with van der Waals surface area (Å²) in [7, 11) is 1.21. The predicted octanol–water partition coefficient (Wildman–Crippen LogP) is 2.12. The molecule has 1 aromatic carbocycles. The van der Waals surface area contributed by atoms with Gasteiger partial charge in [-0.1, -0.05) is 0 Å². The highest BCUT2D eigenvalue weighted by Crippen LogP contribution is 2.34. The van der Waals surface area contributed by atoms with Crippen molar-refractivity contribution in [3.63, 3.8) is 0 Å². The van der Waals surface area contributed by atoms with Gasteiger partial charge < -0.3 is 15.0 Å². The van der Waals surface area contributed by atoms with Crippen molar-refractivity contribution in [3.05, 3.63) is 55.8 Å². The second-order valence-corrected chi connectivity index (χ2v) is 6.76. The Morgan fingerprint density at radius 2 is 2.19 bits per heavy atom. The second-order valence-electron chi connectivity index (χ2n) is 5.76. The van der Waals surface area contributed by atoms with Crippen LogP contribution in [0, 0.1) is 10.1 Å². The van der Waals surface area contributed by atoms with Gasteiger partial charge >= 0.3 is 5.97 Å². The summed E-state index contributed by atoms with van der Waals surface area (Å²) in [5, 5.41) is 15.9. The number of hydrogen-bond acceptors (Lipinski definition) is 7. The van der Waals surface area contributed by atoms with Crippen LogP contribution in [0.1, 0.15) is 20.8 Å². The average Bonchev–Trinajstić information content (AvgIpc) is 3.12. The minimum atomic E-state index is -0.593. The van der Waals surface area contributed by atoms with Crippen LogP contribution < -0.4 is 10.2 Å². The Morgan fingerprint density at radius 1 is 1.38 bits per heavy atom. The van der Waals surface area contributed by atoms with Crippen molar-refractivity contribution in [3.8, 4) is 0 Å². The van der Waals surface area contributed by atoms with Gasteiger partial charge in [-0.05, 0) is 35.6 Å². The van der Waals surface area contributed by atoms with E-state index in [1.54, 1.807) is 17.4 Å². The van der Waals surface area contributed by atoms with Gasteiger partial charge in [0.25, 0.3) is 11.6 Å². The number of carbonyl (C=O) groups is 2. The van der Waals surface area contributed by atoms with Crippen molar-refractivity contribution in [2.45, 2.75) is 13.0 Å². The third-order valence-electron chi connectivity index (χ3n) is 4.20. The number of esters is 1. The quantitative estimate of drug-likeness (QED) is 0.488. The van der Waals surface area contributed by atoms with Crippen LogP contribution >= 0.6 is 11.3 Å². The zero-order valence-corrected chi connectivity index (χ0v) is 14.9. The summed E-state index contributed by atoms with van der Waals surface area (Å²) in [6.07, 6.45) is 0.839. The fourth-order valence-electron chi connectivity index (χ4n) is 2.86. The van der Waals surface area contributed by atoms with Gasteiger partial charge in [-0.2, -0.15) is 0 Å². The minimum Gasteiger partial charge on any atom is -0.468 e. The number of benzene rings is 1. The summed E-state index contributed by atoms with van der Waals surface area (Å²) in [6.45, 7) is 0.994. The van der Waals surface area contributed by atoms with Gasteiger partial charge in [0.05, 0.1) is 12.0 Å². The van der Waals surface area contributed by atoms with Gasteiger partial charge in [-0.3, -0.25) is 19.7 Å². The Bertz CT molecular complexity index is 864. The molecular weight excluding hydrogens is 358 g/mol. The molecule has 0 fully saturated rings. The molecule has 136 valence electrons. The van der Waals surface area contributed by atoms with Gasteiger partial charge in [0.2, 0.25) is 0 Å². The molecule has 8 nitrogen and oxygen atoms in total. The van der Waals surface area contributed by atoms with E-state index >= 15 is 0 Å². The lowest BCUT2D eigenvalue weighted by molar-refractivity contribution is -0.384. The van der Waals surface area contributed by atoms with E-state index in [-0.39, 0.29) is 17.8 Å². The number of carbonyl (C=O) groups excluding carboxylic acids is 2. The molecule has 1 amide bonds. The molecule has 0 saturated heterocycles. The molecular formula is C17H17N3O5S. The monoisotopic (exact) mass is 375 g/mol. The first-order valence-corrected chi connectivity index (χ1v) is 8.81. The van der Waals surface area contributed by atoms with Crippen LogP contribution in [0.25, 0.3) is 0 Å². The first-order chi connectivity index (χ1) is 12.5. The predicted molar refractivity (Wildman–Crippen MR) is 96.5 cm³/mol. The number of anilines is 1. The molecule has 2 aromatic rings. The van der Waals surface area contributed by atoms with Gasteiger partial charge in [0.1, 0.15) is 12.2 Å². The standard InChI is InChI=1S/C17H17N3O5S/c1-25-16(21)9-18-17(22)11-2-3-13(14(8-11)20(23)24)19-6-4-15-12(10-19)5-7-26-15/h2-3,5,7-8H,4,6,9-10H2,1H3,(H,18,22). The number of nitro benzene ring substituents is 1. The third-order valence-corrected chi connectivity index (χ3v) is 5.23. The summed E-state index contributed by atoms with van der Waals surface area (Å²) in [5.41, 5.74) is 1.65. The van der Waals surface area contributed by atoms with Crippen molar-refractivity contribution in [1.29, 1.82) is 0 Å². The van der Waals surface area contributed by atoms with E-state index in [0.29, 0.717) is 18.8 Å². The Kier molecular flexibility index (Phi) is 5.17. The first kappa shape index (κ1) is 17.9. The SMILES string of the molecule is COC(=O)CNC(=O)c1ccc(N2CCc3sccc3C2)c([N+](=O)[O-])c1. The number of methoxy groups -OCH3 is 1. The maximum atomic E-state index is 12.1. The number of nitro groups is 1. The lowest BCUT2D eigenvalue weighted by atomic mass is 10.1. The van der Waals surface area contributed by atoms with Gasteiger partial charge in [0.15, 0.2) is 0 Å². The second kappa shape index (κ2) is 7.52. The Hall–Kier alpha value is -2.94. The Balaban J connectivity index is 1.83. The zero-order chi connectivity index (χ0) is 18.7. The van der Waals surface area contributed by atoms with Crippen LogP contribution in [0.5, 0.6) is 0 Å². The van der Waals surface area contributed by atoms with Crippen molar-refractivity contribution in [2.75, 3.05) is 25.1 Å². The number of nitrogens with zero attached hydrogens (tertiary/aromatic N) is 2. The van der Waals surface area contributed by atoms with Crippen molar-refractivity contribution >= 4 is 34.6 Å². The van der Waals surface area contributed by atoms with E-state index < -0.39 is 16.8 Å². The molecule has 0 radical (unpaired) electrons. The molecule has 0 bridgehead atoms. The topological polar surface area (TPSA) is 102 Å². The van der Waals surface area contributed by atoms with Crippen LogP contribution in [0.15, 0.2) is 29.6 Å². The molecule has 1 N–H and O–H groups in total. The Labute approximate surface area is 153 Å². The molecule has 3 rings (SSSR count). The van der Waals surface area contributed by atoms with E-state index in [1.807, 2.05) is 16.3 Å². The molecule has 1 aliphatic heterocycles. The van der Waals surface area contributed by atoms with Crippen LogP contribution in [-0.2, 0) is 22.5 Å². The van der Waals surface area contributed by atoms with Crippen LogP contribution in [-0.4, -0.2) is 37.0 Å². The van der Waals surface area contributed by atoms with Crippen LogP contribution in [0.4, 0.5) is 11.4 Å². The number of rotatable bonds is 5. The molecule has 26 heavy (non-hydrogen) atoms. The van der Waals surface area contributed by atoms with Crippen LogP contribution in [0.2, 0.25) is 0 Å². The fraction of sp³-hybridized carbons (Fsp3) is 0.294. The van der Waals surface area contributed by atoms with E-state index in [9.17, 15) is 19.7 Å². The molecule has 9 heteroatoms. The first-order valence-electron chi connectivity index (χ1n) is 7.93. The number of fused-ring (bicyclic) bond motifs is 1.